The minimum atomic E-state index is -0.104. The Bertz CT molecular complexity index is 742. The van der Waals surface area contributed by atoms with E-state index in [0.29, 0.717) is 25.4 Å². The first-order valence-electron chi connectivity index (χ1n) is 8.57. The Balaban J connectivity index is 1.72. The van der Waals surface area contributed by atoms with Gasteiger partial charge in [-0.3, -0.25) is 9.79 Å². The van der Waals surface area contributed by atoms with Crippen molar-refractivity contribution in [3.05, 3.63) is 59.7 Å². The van der Waals surface area contributed by atoms with E-state index in [9.17, 15) is 4.79 Å². The van der Waals surface area contributed by atoms with Crippen molar-refractivity contribution < 1.29 is 9.53 Å². The number of rotatable bonds is 7. The zero-order chi connectivity index (χ0) is 18.8. The fourth-order valence-corrected chi connectivity index (χ4v) is 2.32. The Kier molecular flexibility index (Phi) is 7.49. The van der Waals surface area contributed by atoms with Crippen molar-refractivity contribution in [3.63, 3.8) is 0 Å². The fraction of sp³-hybridized carbons (Fsp3) is 0.300. The maximum atomic E-state index is 11.1. The number of hydrogen-bond donors (Lipinski definition) is 3. The van der Waals surface area contributed by atoms with E-state index in [1.807, 2.05) is 18.2 Å². The van der Waals surface area contributed by atoms with Crippen LogP contribution < -0.4 is 20.7 Å². The summed E-state index contributed by atoms with van der Waals surface area (Å²) in [5.41, 5.74) is 3.17. The predicted molar refractivity (Wildman–Crippen MR) is 106 cm³/mol. The second kappa shape index (κ2) is 10.1. The molecule has 0 unspecified atom stereocenters. The maximum absolute atomic E-state index is 11.1. The minimum absolute atomic E-state index is 0.104. The third-order valence-corrected chi connectivity index (χ3v) is 3.62. The van der Waals surface area contributed by atoms with E-state index in [4.69, 9.17) is 4.74 Å². The van der Waals surface area contributed by atoms with Crippen molar-refractivity contribution >= 4 is 17.6 Å². The lowest BCUT2D eigenvalue weighted by Gasteiger charge is -2.13. The van der Waals surface area contributed by atoms with Crippen LogP contribution in [0.4, 0.5) is 5.69 Å². The van der Waals surface area contributed by atoms with Gasteiger partial charge in [-0.05, 0) is 24.6 Å². The number of nitrogens with one attached hydrogen (secondary N) is 3. The average molecular weight is 354 g/mol. The van der Waals surface area contributed by atoms with E-state index in [1.165, 1.54) is 18.1 Å². The van der Waals surface area contributed by atoms with Crippen molar-refractivity contribution in [1.82, 2.24) is 10.6 Å². The predicted octanol–water partition coefficient (Wildman–Crippen LogP) is 2.70. The third-order valence-electron chi connectivity index (χ3n) is 3.62. The lowest BCUT2D eigenvalue weighted by Crippen LogP contribution is -2.38. The topological polar surface area (TPSA) is 74.8 Å². The van der Waals surface area contributed by atoms with Crippen LogP contribution in [0.3, 0.4) is 0 Å². The molecular weight excluding hydrogens is 328 g/mol. The summed E-state index contributed by atoms with van der Waals surface area (Å²) >= 11 is 0. The molecule has 0 atom stereocenters. The van der Waals surface area contributed by atoms with Gasteiger partial charge in [0, 0.05) is 32.3 Å². The molecule has 0 aliphatic rings. The number of hydrogen-bond acceptors (Lipinski definition) is 3. The van der Waals surface area contributed by atoms with Gasteiger partial charge in [-0.1, -0.05) is 35.9 Å². The second-order valence-corrected chi connectivity index (χ2v) is 5.90. The van der Waals surface area contributed by atoms with Gasteiger partial charge in [0.15, 0.2) is 5.96 Å². The van der Waals surface area contributed by atoms with Crippen LogP contribution in [0.5, 0.6) is 5.75 Å². The maximum Gasteiger partial charge on any atom is 0.221 e. The van der Waals surface area contributed by atoms with Crippen LogP contribution in [-0.2, 0) is 11.3 Å². The van der Waals surface area contributed by atoms with Gasteiger partial charge in [0.25, 0.3) is 0 Å². The highest BCUT2D eigenvalue weighted by atomic mass is 16.5. The standard InChI is InChI=1S/C20H26N4O2/c1-15-7-9-17(10-8-15)14-23-20(21-3)22-11-12-26-19-6-4-5-18(13-19)24-16(2)25/h4-10,13H,11-12,14H2,1-3H3,(H,24,25)(H2,21,22,23). The highest BCUT2D eigenvalue weighted by molar-refractivity contribution is 5.88. The van der Waals surface area contributed by atoms with Crippen LogP contribution in [-0.4, -0.2) is 32.1 Å². The molecule has 6 heteroatoms. The number of amides is 1. The number of anilines is 1. The number of ether oxygens (including phenoxy) is 1. The van der Waals surface area contributed by atoms with Crippen molar-refractivity contribution in [3.8, 4) is 5.75 Å². The third kappa shape index (κ3) is 6.84. The molecule has 6 nitrogen and oxygen atoms in total. The molecule has 0 saturated heterocycles. The van der Waals surface area contributed by atoms with E-state index in [0.717, 1.165) is 11.6 Å². The molecule has 0 aromatic heterocycles. The van der Waals surface area contributed by atoms with Crippen molar-refractivity contribution in [2.75, 3.05) is 25.5 Å². The van der Waals surface area contributed by atoms with Gasteiger partial charge >= 0.3 is 0 Å². The quantitative estimate of drug-likeness (QED) is 0.406. The Hall–Kier alpha value is -3.02. The molecule has 0 radical (unpaired) electrons. The molecule has 0 heterocycles. The van der Waals surface area contributed by atoms with Crippen LogP contribution >= 0.6 is 0 Å². The number of carbonyl (C=O) groups is 1. The summed E-state index contributed by atoms with van der Waals surface area (Å²) in [6.07, 6.45) is 0. The van der Waals surface area contributed by atoms with Crippen LogP contribution in [0, 0.1) is 6.92 Å². The van der Waals surface area contributed by atoms with Gasteiger partial charge in [-0.25, -0.2) is 0 Å². The van der Waals surface area contributed by atoms with Crippen molar-refractivity contribution in [1.29, 1.82) is 0 Å². The summed E-state index contributed by atoms with van der Waals surface area (Å²) in [7, 11) is 1.74. The first kappa shape index (κ1) is 19.3. The Morgan fingerprint density at radius 2 is 1.88 bits per heavy atom. The molecular formula is C20H26N4O2. The molecule has 0 fully saturated rings. The Morgan fingerprint density at radius 1 is 1.12 bits per heavy atom. The smallest absolute Gasteiger partial charge is 0.221 e. The van der Waals surface area contributed by atoms with E-state index in [1.54, 1.807) is 13.1 Å². The first-order valence-corrected chi connectivity index (χ1v) is 8.57. The summed E-state index contributed by atoms with van der Waals surface area (Å²) in [6, 6.07) is 15.7. The van der Waals surface area contributed by atoms with Crippen molar-refractivity contribution in [2.24, 2.45) is 4.99 Å². The van der Waals surface area contributed by atoms with Crippen LogP contribution in [0.15, 0.2) is 53.5 Å². The summed E-state index contributed by atoms with van der Waals surface area (Å²) in [4.78, 5) is 15.3. The van der Waals surface area contributed by atoms with E-state index in [-0.39, 0.29) is 5.91 Å². The summed E-state index contributed by atoms with van der Waals surface area (Å²) < 4.78 is 5.70. The highest BCUT2D eigenvalue weighted by Gasteiger charge is 2.01. The van der Waals surface area contributed by atoms with Crippen LogP contribution in [0.2, 0.25) is 0 Å². The monoisotopic (exact) mass is 354 g/mol. The van der Waals surface area contributed by atoms with E-state index >= 15 is 0 Å². The Morgan fingerprint density at radius 3 is 2.58 bits per heavy atom. The average Bonchev–Trinajstić information content (AvgIpc) is 2.62. The number of aryl methyl sites for hydroxylation is 1. The zero-order valence-corrected chi connectivity index (χ0v) is 15.5. The van der Waals surface area contributed by atoms with Gasteiger partial charge in [0.1, 0.15) is 12.4 Å². The number of benzene rings is 2. The fourth-order valence-electron chi connectivity index (χ4n) is 2.32. The number of guanidine groups is 1. The number of carbonyl (C=O) groups excluding carboxylic acids is 1. The minimum Gasteiger partial charge on any atom is -0.492 e. The number of nitrogens with zero attached hydrogens (tertiary/aromatic N) is 1. The molecule has 0 saturated carbocycles. The lowest BCUT2D eigenvalue weighted by molar-refractivity contribution is -0.114. The van der Waals surface area contributed by atoms with Crippen molar-refractivity contribution in [2.45, 2.75) is 20.4 Å². The molecule has 1 amide bonds. The second-order valence-electron chi connectivity index (χ2n) is 5.90. The van der Waals surface area contributed by atoms with Crippen LogP contribution in [0.25, 0.3) is 0 Å². The summed E-state index contributed by atoms with van der Waals surface area (Å²) in [5, 5.41) is 9.22. The molecule has 2 aromatic carbocycles. The molecule has 3 N–H and O–H groups in total. The van der Waals surface area contributed by atoms with Gasteiger partial charge in [-0.15, -0.1) is 0 Å². The first-order chi connectivity index (χ1) is 12.6. The molecule has 0 spiro atoms. The number of aliphatic imine (C=N–C) groups is 1. The van der Waals surface area contributed by atoms with Gasteiger partial charge in [0.05, 0.1) is 6.54 Å². The lowest BCUT2D eigenvalue weighted by atomic mass is 10.1. The van der Waals surface area contributed by atoms with Gasteiger partial charge in [0.2, 0.25) is 5.91 Å². The van der Waals surface area contributed by atoms with Gasteiger partial charge < -0.3 is 20.7 Å². The highest BCUT2D eigenvalue weighted by Crippen LogP contribution is 2.16. The zero-order valence-electron chi connectivity index (χ0n) is 15.5. The van der Waals surface area contributed by atoms with E-state index in [2.05, 4.69) is 52.1 Å². The molecule has 138 valence electrons. The molecule has 0 aliphatic heterocycles. The largest absolute Gasteiger partial charge is 0.492 e. The molecule has 0 bridgehead atoms. The molecule has 2 aromatic rings. The van der Waals surface area contributed by atoms with Crippen LogP contribution in [0.1, 0.15) is 18.1 Å². The molecule has 2 rings (SSSR count). The van der Waals surface area contributed by atoms with E-state index < -0.39 is 0 Å². The molecule has 26 heavy (non-hydrogen) atoms. The van der Waals surface area contributed by atoms with Gasteiger partial charge in [-0.2, -0.15) is 0 Å². The molecule has 0 aliphatic carbocycles. The summed E-state index contributed by atoms with van der Waals surface area (Å²) in [6.45, 7) is 5.35. The SMILES string of the molecule is CN=C(NCCOc1cccc(NC(C)=O)c1)NCc1ccc(C)cc1. The Labute approximate surface area is 154 Å². The normalized spacial score (nSPS) is 11.0. The summed E-state index contributed by atoms with van der Waals surface area (Å²) in [5.74, 6) is 1.33.